The maximum atomic E-state index is 11.7. The minimum atomic E-state index is -0.251. The molecule has 6 rings (SSSR count). The third kappa shape index (κ3) is 6.04. The first-order valence-electron chi connectivity index (χ1n) is 14.9. The van der Waals surface area contributed by atoms with Crippen LogP contribution in [0.15, 0.2) is 110 Å². The predicted octanol–water partition coefficient (Wildman–Crippen LogP) is 10.1. The normalized spacial score (nSPS) is 12.0. The van der Waals surface area contributed by atoms with Crippen molar-refractivity contribution in [3.8, 4) is 51.0 Å². The molecule has 0 aliphatic heterocycles. The molecule has 0 bridgehead atoms. The number of hydrogen-bond acceptors (Lipinski definition) is 5. The Balaban J connectivity index is 1.49. The molecule has 0 spiro atoms. The number of phenolic OH excluding ortho intramolecular Hbond substituents is 1. The molecule has 3 aromatic heterocycles. The molecule has 5 heteroatoms. The van der Waals surface area contributed by atoms with Crippen LogP contribution in [0.1, 0.15) is 52.7 Å². The summed E-state index contributed by atoms with van der Waals surface area (Å²) in [6.07, 6.45) is 5.34. The molecule has 3 heterocycles. The summed E-state index contributed by atoms with van der Waals surface area (Å²) in [5.74, 6) is 1.41. The molecule has 0 unspecified atom stereocenters. The van der Waals surface area contributed by atoms with Crippen molar-refractivity contribution in [2.75, 3.05) is 0 Å². The quantitative estimate of drug-likeness (QED) is 0.220. The lowest BCUT2D eigenvalue weighted by Crippen LogP contribution is -2.17. The molecule has 0 saturated heterocycles. The van der Waals surface area contributed by atoms with Crippen LogP contribution in [-0.4, -0.2) is 20.1 Å². The van der Waals surface area contributed by atoms with Crippen LogP contribution in [0, 0.1) is 0 Å². The number of aromatic nitrogens is 3. The van der Waals surface area contributed by atoms with Crippen LogP contribution < -0.4 is 4.74 Å². The van der Waals surface area contributed by atoms with E-state index < -0.39 is 0 Å². The van der Waals surface area contributed by atoms with Gasteiger partial charge in [-0.1, -0.05) is 90.1 Å². The minimum Gasteiger partial charge on any atom is -0.507 e. The second-order valence-electron chi connectivity index (χ2n) is 13.3. The van der Waals surface area contributed by atoms with E-state index in [1.165, 1.54) is 0 Å². The van der Waals surface area contributed by atoms with E-state index in [1.54, 1.807) is 18.6 Å². The summed E-state index contributed by atoms with van der Waals surface area (Å²) in [7, 11) is 0. The lowest BCUT2D eigenvalue weighted by atomic mass is 9.78. The first kappa shape index (κ1) is 29.1. The summed E-state index contributed by atoms with van der Waals surface area (Å²) in [6, 6.07) is 30.3. The average molecular weight is 580 g/mol. The van der Waals surface area contributed by atoms with Crippen LogP contribution in [-0.2, 0) is 10.8 Å². The number of hydrogen-bond donors (Lipinski definition) is 1. The minimum absolute atomic E-state index is 0.110. The lowest BCUT2D eigenvalue weighted by Gasteiger charge is -2.27. The van der Waals surface area contributed by atoms with E-state index >= 15 is 0 Å². The first-order chi connectivity index (χ1) is 21.0. The zero-order valence-electron chi connectivity index (χ0n) is 26.1. The maximum Gasteiger partial charge on any atom is 0.219 e. The Kier molecular flexibility index (Phi) is 7.42. The van der Waals surface area contributed by atoms with E-state index in [2.05, 4.69) is 87.9 Å². The topological polar surface area (TPSA) is 68.1 Å². The Morgan fingerprint density at radius 1 is 0.636 bits per heavy atom. The Morgan fingerprint density at radius 3 is 2.14 bits per heavy atom. The molecule has 5 nitrogen and oxygen atoms in total. The fourth-order valence-corrected chi connectivity index (χ4v) is 5.30. The number of fused-ring (bicyclic) bond motifs is 1. The zero-order valence-corrected chi connectivity index (χ0v) is 26.1. The van der Waals surface area contributed by atoms with Gasteiger partial charge >= 0.3 is 0 Å². The molecule has 1 N–H and O–H groups in total. The molecule has 220 valence electrons. The van der Waals surface area contributed by atoms with Crippen molar-refractivity contribution >= 4 is 10.8 Å². The van der Waals surface area contributed by atoms with E-state index in [9.17, 15) is 5.11 Å². The summed E-state index contributed by atoms with van der Waals surface area (Å²) >= 11 is 0. The van der Waals surface area contributed by atoms with E-state index in [1.807, 2.05) is 54.6 Å². The molecule has 0 saturated carbocycles. The summed E-state index contributed by atoms with van der Waals surface area (Å²) in [5, 5.41) is 13.7. The van der Waals surface area contributed by atoms with Crippen LogP contribution >= 0.6 is 0 Å². The van der Waals surface area contributed by atoms with Crippen LogP contribution in [0.25, 0.3) is 44.4 Å². The standard InChI is InChI=1S/C39H37N3O2/c1-38(2,3)30-21-32(37(43)33(22-30)39(4,5)6)35-19-28(25-11-8-7-9-12-25)18-34(42-35)26-13-10-14-31(17-26)44-36-20-29-23-40-16-15-27(29)24-41-36/h7-24,43H,1-6H3. The second-order valence-corrected chi connectivity index (χ2v) is 13.3. The Labute approximate surface area is 259 Å². The molecule has 0 fully saturated rings. The molecule has 0 amide bonds. The van der Waals surface area contributed by atoms with Crippen molar-refractivity contribution in [1.82, 2.24) is 15.0 Å². The van der Waals surface area contributed by atoms with E-state index in [4.69, 9.17) is 9.72 Å². The number of nitrogens with zero attached hydrogens (tertiary/aromatic N) is 3. The van der Waals surface area contributed by atoms with Crippen molar-refractivity contribution in [2.24, 2.45) is 0 Å². The van der Waals surface area contributed by atoms with Gasteiger partial charge in [-0.05, 0) is 63.9 Å². The molecule has 3 aromatic carbocycles. The number of aromatic hydroxyl groups is 1. The molecule has 0 aliphatic rings. The maximum absolute atomic E-state index is 11.7. The summed E-state index contributed by atoms with van der Waals surface area (Å²) in [6.45, 7) is 13.0. The van der Waals surface area contributed by atoms with Crippen molar-refractivity contribution in [1.29, 1.82) is 0 Å². The molecule has 44 heavy (non-hydrogen) atoms. The van der Waals surface area contributed by atoms with Crippen LogP contribution in [0.3, 0.4) is 0 Å². The highest BCUT2D eigenvalue weighted by Gasteiger charge is 2.26. The Bertz CT molecular complexity index is 1970. The SMILES string of the molecule is CC(C)(C)c1cc(-c2cc(-c3ccccc3)cc(-c3cccc(Oc4cc5cnccc5cn4)c3)n2)c(O)c(C(C)(C)C)c1. The van der Waals surface area contributed by atoms with E-state index in [0.717, 1.165) is 49.8 Å². The fourth-order valence-electron chi connectivity index (χ4n) is 5.30. The smallest absolute Gasteiger partial charge is 0.219 e. The van der Waals surface area contributed by atoms with Gasteiger partial charge in [-0.2, -0.15) is 0 Å². The average Bonchev–Trinajstić information content (AvgIpc) is 3.00. The Morgan fingerprint density at radius 2 is 1.39 bits per heavy atom. The van der Waals surface area contributed by atoms with Gasteiger partial charge in [0.2, 0.25) is 5.88 Å². The van der Waals surface area contributed by atoms with Crippen molar-refractivity contribution in [2.45, 2.75) is 52.4 Å². The molecular weight excluding hydrogens is 542 g/mol. The predicted molar refractivity (Wildman–Crippen MR) is 179 cm³/mol. The van der Waals surface area contributed by atoms with Gasteiger partial charge in [-0.25, -0.2) is 9.97 Å². The summed E-state index contributed by atoms with van der Waals surface area (Å²) < 4.78 is 6.20. The van der Waals surface area contributed by atoms with Crippen LogP contribution in [0.4, 0.5) is 0 Å². The number of ether oxygens (including phenoxy) is 1. The van der Waals surface area contributed by atoms with Crippen molar-refractivity contribution < 1.29 is 9.84 Å². The van der Waals surface area contributed by atoms with Gasteiger partial charge in [0.1, 0.15) is 11.5 Å². The van der Waals surface area contributed by atoms with Gasteiger partial charge in [0.25, 0.3) is 0 Å². The van der Waals surface area contributed by atoms with E-state index in [0.29, 0.717) is 17.3 Å². The van der Waals surface area contributed by atoms with Gasteiger partial charge < -0.3 is 9.84 Å². The highest BCUT2D eigenvalue weighted by Crippen LogP contribution is 2.43. The zero-order chi connectivity index (χ0) is 31.1. The first-order valence-corrected chi connectivity index (χ1v) is 14.9. The molecule has 0 radical (unpaired) electrons. The molecule has 0 atom stereocenters. The fraction of sp³-hybridized carbons (Fsp3) is 0.205. The van der Waals surface area contributed by atoms with Gasteiger partial charge in [0, 0.05) is 52.1 Å². The summed E-state index contributed by atoms with van der Waals surface area (Å²) in [4.78, 5) is 13.9. The van der Waals surface area contributed by atoms with Gasteiger partial charge in [-0.3, -0.25) is 4.98 Å². The molecular formula is C39H37N3O2. The van der Waals surface area contributed by atoms with Crippen molar-refractivity contribution in [3.63, 3.8) is 0 Å². The highest BCUT2D eigenvalue weighted by molar-refractivity contribution is 5.82. The second kappa shape index (κ2) is 11.2. The third-order valence-corrected chi connectivity index (χ3v) is 7.84. The number of pyridine rings is 3. The van der Waals surface area contributed by atoms with E-state index in [-0.39, 0.29) is 16.6 Å². The van der Waals surface area contributed by atoms with Crippen LogP contribution in [0.5, 0.6) is 17.4 Å². The lowest BCUT2D eigenvalue weighted by molar-refractivity contribution is 0.446. The van der Waals surface area contributed by atoms with Gasteiger partial charge in [0.05, 0.1) is 11.4 Å². The molecule has 0 aliphatic carbocycles. The monoisotopic (exact) mass is 579 g/mol. The number of benzene rings is 3. The van der Waals surface area contributed by atoms with Gasteiger partial charge in [0.15, 0.2) is 0 Å². The highest BCUT2D eigenvalue weighted by atomic mass is 16.5. The Hall–Kier alpha value is -5.03. The van der Waals surface area contributed by atoms with Crippen molar-refractivity contribution in [3.05, 3.63) is 121 Å². The molecule has 6 aromatic rings. The largest absolute Gasteiger partial charge is 0.507 e. The number of rotatable bonds is 5. The van der Waals surface area contributed by atoms with Gasteiger partial charge in [-0.15, -0.1) is 0 Å². The number of phenols is 1. The van der Waals surface area contributed by atoms with Crippen LogP contribution in [0.2, 0.25) is 0 Å². The third-order valence-electron chi connectivity index (χ3n) is 7.84. The summed E-state index contributed by atoms with van der Waals surface area (Å²) in [5.41, 5.74) is 6.89.